The van der Waals surface area contributed by atoms with Gasteiger partial charge in [-0.2, -0.15) is 0 Å². The van der Waals surface area contributed by atoms with Crippen molar-refractivity contribution < 1.29 is 4.74 Å². The molecule has 0 bridgehead atoms. The number of imidazole rings is 1. The zero-order valence-corrected chi connectivity index (χ0v) is 14.9. The molecule has 1 saturated heterocycles. The molecule has 0 radical (unpaired) electrons. The Hall–Kier alpha value is -3.05. The van der Waals surface area contributed by atoms with Crippen LogP contribution in [0.15, 0.2) is 73.6 Å². The van der Waals surface area contributed by atoms with Gasteiger partial charge in [0.05, 0.1) is 19.3 Å². The largest absolute Gasteiger partial charge is 0.379 e. The molecule has 1 aromatic carbocycles. The maximum atomic E-state index is 5.87. The Morgan fingerprint density at radius 2 is 1.85 bits per heavy atom. The summed E-state index contributed by atoms with van der Waals surface area (Å²) in [7, 11) is 0. The summed E-state index contributed by atoms with van der Waals surface area (Å²) in [6, 6.07) is 12.8. The molecule has 0 spiro atoms. The van der Waals surface area contributed by atoms with E-state index in [0.29, 0.717) is 12.5 Å². The average molecular weight is 356 g/mol. The summed E-state index contributed by atoms with van der Waals surface area (Å²) in [6.45, 7) is 1.48. The molecule has 5 rings (SSSR count). The Kier molecular flexibility index (Phi) is 4.14. The minimum absolute atomic E-state index is 0.271. The van der Waals surface area contributed by atoms with Crippen molar-refractivity contribution >= 4 is 10.8 Å². The lowest BCUT2D eigenvalue weighted by molar-refractivity contribution is 0.181. The van der Waals surface area contributed by atoms with Gasteiger partial charge in [0.1, 0.15) is 5.82 Å². The van der Waals surface area contributed by atoms with Gasteiger partial charge in [0, 0.05) is 54.0 Å². The van der Waals surface area contributed by atoms with E-state index in [2.05, 4.69) is 57.1 Å². The number of ether oxygens (including phenoxy) is 1. The van der Waals surface area contributed by atoms with Crippen LogP contribution in [0.1, 0.15) is 11.6 Å². The lowest BCUT2D eigenvalue weighted by atomic mass is 9.95. The molecule has 0 N–H and O–H groups in total. The maximum Gasteiger partial charge on any atom is 0.140 e. The molecule has 4 aromatic rings. The molecule has 1 aliphatic rings. The van der Waals surface area contributed by atoms with E-state index in [1.54, 1.807) is 0 Å². The molecule has 0 aliphatic carbocycles. The molecule has 2 atom stereocenters. The highest BCUT2D eigenvalue weighted by molar-refractivity contribution is 5.94. The number of hydrogen-bond donors (Lipinski definition) is 0. The Labute approximate surface area is 157 Å². The van der Waals surface area contributed by atoms with Crippen molar-refractivity contribution in [3.63, 3.8) is 0 Å². The first-order valence-corrected chi connectivity index (χ1v) is 9.23. The smallest absolute Gasteiger partial charge is 0.140 e. The summed E-state index contributed by atoms with van der Waals surface area (Å²) in [6.07, 6.45) is 12.4. The van der Waals surface area contributed by atoms with E-state index in [0.717, 1.165) is 29.8 Å². The number of fused-ring (bicyclic) bond motifs is 1. The zero-order chi connectivity index (χ0) is 18.1. The van der Waals surface area contributed by atoms with Crippen LogP contribution in [0.25, 0.3) is 22.2 Å². The van der Waals surface area contributed by atoms with Gasteiger partial charge in [-0.15, -0.1) is 0 Å². The fourth-order valence-electron chi connectivity index (χ4n) is 4.02. The van der Waals surface area contributed by atoms with Crippen molar-refractivity contribution in [2.24, 2.45) is 5.92 Å². The molecule has 1 fully saturated rings. The van der Waals surface area contributed by atoms with E-state index in [4.69, 9.17) is 9.72 Å². The van der Waals surface area contributed by atoms with Crippen LogP contribution in [-0.4, -0.2) is 32.7 Å². The van der Waals surface area contributed by atoms with Crippen molar-refractivity contribution in [2.75, 3.05) is 13.2 Å². The normalized spacial score (nSPS) is 19.6. The van der Waals surface area contributed by atoms with Gasteiger partial charge in [0.25, 0.3) is 0 Å². The third-order valence-corrected chi connectivity index (χ3v) is 5.36. The van der Waals surface area contributed by atoms with Crippen LogP contribution in [0.5, 0.6) is 0 Å². The zero-order valence-electron chi connectivity index (χ0n) is 14.9. The molecule has 0 unspecified atom stereocenters. The number of aromatic nitrogens is 4. The van der Waals surface area contributed by atoms with Crippen molar-refractivity contribution in [2.45, 2.75) is 12.5 Å². The standard InChI is InChI=1S/C22H20N4O/c1-2-17-13-24-9-6-19(17)20(3-1)22-25-10-11-26(22)21-15-27-14-18(21)12-16-4-7-23-8-5-16/h1-11,13,18,21H,12,14-15H2/t18-,21-/m1/s1. The number of pyridine rings is 2. The summed E-state index contributed by atoms with van der Waals surface area (Å²) in [4.78, 5) is 13.1. The van der Waals surface area contributed by atoms with Crippen LogP contribution in [0.4, 0.5) is 0 Å². The highest BCUT2D eigenvalue weighted by Gasteiger charge is 2.31. The fourth-order valence-corrected chi connectivity index (χ4v) is 4.02. The molecular formula is C22H20N4O. The van der Waals surface area contributed by atoms with E-state index >= 15 is 0 Å². The monoisotopic (exact) mass is 356 g/mol. The summed E-state index contributed by atoms with van der Waals surface area (Å²) in [5.41, 5.74) is 2.43. The lowest BCUT2D eigenvalue weighted by Crippen LogP contribution is -2.20. The molecule has 27 heavy (non-hydrogen) atoms. The molecule has 0 amide bonds. The Morgan fingerprint density at radius 3 is 2.78 bits per heavy atom. The van der Waals surface area contributed by atoms with Crippen LogP contribution in [0, 0.1) is 5.92 Å². The maximum absolute atomic E-state index is 5.87. The molecule has 5 heteroatoms. The summed E-state index contributed by atoms with van der Waals surface area (Å²) < 4.78 is 8.16. The molecule has 1 aliphatic heterocycles. The van der Waals surface area contributed by atoms with Gasteiger partial charge in [0.15, 0.2) is 0 Å². The van der Waals surface area contributed by atoms with Crippen LogP contribution in [-0.2, 0) is 11.2 Å². The first-order valence-electron chi connectivity index (χ1n) is 9.23. The summed E-state index contributed by atoms with van der Waals surface area (Å²) >= 11 is 0. The van der Waals surface area contributed by atoms with Gasteiger partial charge in [0.2, 0.25) is 0 Å². The topological polar surface area (TPSA) is 52.8 Å². The first-order chi connectivity index (χ1) is 13.4. The lowest BCUT2D eigenvalue weighted by Gasteiger charge is -2.21. The van der Waals surface area contributed by atoms with Crippen LogP contribution in [0.3, 0.4) is 0 Å². The second kappa shape index (κ2) is 6.93. The molecule has 4 heterocycles. The molecule has 134 valence electrons. The average Bonchev–Trinajstić information content (AvgIpc) is 3.37. The first kappa shape index (κ1) is 16.1. The van der Waals surface area contributed by atoms with Crippen molar-refractivity contribution in [3.8, 4) is 11.4 Å². The number of nitrogens with zero attached hydrogens (tertiary/aromatic N) is 4. The van der Waals surface area contributed by atoms with E-state index in [1.165, 1.54) is 10.9 Å². The molecule has 0 saturated carbocycles. The SMILES string of the molecule is c1cc(-c2nccn2[C@@H]2COC[C@H]2Cc2ccncc2)c2ccncc2c1. The van der Waals surface area contributed by atoms with Gasteiger partial charge in [-0.05, 0) is 35.6 Å². The van der Waals surface area contributed by atoms with Gasteiger partial charge >= 0.3 is 0 Å². The second-order valence-electron chi connectivity index (χ2n) is 6.98. The third kappa shape index (κ3) is 3.00. The van der Waals surface area contributed by atoms with Gasteiger partial charge in [-0.25, -0.2) is 4.98 Å². The van der Waals surface area contributed by atoms with E-state index in [1.807, 2.05) is 31.0 Å². The van der Waals surface area contributed by atoms with Crippen molar-refractivity contribution in [3.05, 3.63) is 79.1 Å². The molecule has 5 nitrogen and oxygen atoms in total. The fraction of sp³-hybridized carbons (Fsp3) is 0.227. The summed E-state index contributed by atoms with van der Waals surface area (Å²) in [5, 5.41) is 2.30. The van der Waals surface area contributed by atoms with Crippen LogP contribution < -0.4 is 0 Å². The van der Waals surface area contributed by atoms with Gasteiger partial charge < -0.3 is 9.30 Å². The van der Waals surface area contributed by atoms with Crippen LogP contribution in [0.2, 0.25) is 0 Å². The molecular weight excluding hydrogens is 336 g/mol. The van der Waals surface area contributed by atoms with Crippen molar-refractivity contribution in [1.29, 1.82) is 0 Å². The van der Waals surface area contributed by atoms with Gasteiger partial charge in [-0.1, -0.05) is 18.2 Å². The highest BCUT2D eigenvalue weighted by Crippen LogP contribution is 2.34. The highest BCUT2D eigenvalue weighted by atomic mass is 16.5. The minimum Gasteiger partial charge on any atom is -0.379 e. The predicted molar refractivity (Wildman–Crippen MR) is 104 cm³/mol. The van der Waals surface area contributed by atoms with Gasteiger partial charge in [-0.3, -0.25) is 9.97 Å². The minimum atomic E-state index is 0.271. The number of hydrogen-bond acceptors (Lipinski definition) is 4. The Bertz CT molecular complexity index is 1050. The van der Waals surface area contributed by atoms with Crippen LogP contribution >= 0.6 is 0 Å². The van der Waals surface area contributed by atoms with Crippen molar-refractivity contribution in [1.82, 2.24) is 19.5 Å². The number of rotatable bonds is 4. The second-order valence-corrected chi connectivity index (χ2v) is 6.98. The predicted octanol–water partition coefficient (Wildman–Crippen LogP) is 3.92. The quantitative estimate of drug-likeness (QED) is 0.556. The summed E-state index contributed by atoms with van der Waals surface area (Å²) in [5.74, 6) is 1.40. The van der Waals surface area contributed by atoms with E-state index < -0.39 is 0 Å². The third-order valence-electron chi connectivity index (χ3n) is 5.36. The van der Waals surface area contributed by atoms with E-state index in [9.17, 15) is 0 Å². The van der Waals surface area contributed by atoms with E-state index in [-0.39, 0.29) is 6.04 Å². The Balaban J connectivity index is 1.52. The molecule has 3 aromatic heterocycles. The Morgan fingerprint density at radius 1 is 0.963 bits per heavy atom. The number of benzene rings is 1.